The van der Waals surface area contributed by atoms with Gasteiger partial charge in [-0.2, -0.15) is 8.78 Å². The van der Waals surface area contributed by atoms with Crippen LogP contribution in [-0.2, 0) is 6.42 Å². The monoisotopic (exact) mass is 411 g/mol. The van der Waals surface area contributed by atoms with E-state index < -0.39 is 6.61 Å². The van der Waals surface area contributed by atoms with Crippen LogP contribution in [0.5, 0.6) is 11.6 Å². The molecule has 0 bridgehead atoms. The quantitative estimate of drug-likeness (QED) is 0.479. The number of hydrogen-bond donors (Lipinski definition) is 1. The van der Waals surface area contributed by atoms with E-state index in [1.165, 1.54) is 12.1 Å². The molecule has 2 aromatic carbocycles. The van der Waals surface area contributed by atoms with Crippen molar-refractivity contribution in [2.45, 2.75) is 19.1 Å². The van der Waals surface area contributed by atoms with Gasteiger partial charge in [0.25, 0.3) is 0 Å². The third-order valence-corrected chi connectivity index (χ3v) is 4.41. The summed E-state index contributed by atoms with van der Waals surface area (Å²) in [6.07, 6.45) is 3.79. The number of nitrogens with zero attached hydrogens (tertiary/aromatic N) is 4. The number of ether oxygens (including phenoxy) is 2. The van der Waals surface area contributed by atoms with Crippen molar-refractivity contribution in [3.8, 4) is 23.0 Å². The van der Waals surface area contributed by atoms with Gasteiger partial charge in [0.2, 0.25) is 5.88 Å². The lowest BCUT2D eigenvalue weighted by Crippen LogP contribution is -2.30. The molecule has 4 rings (SSSR count). The van der Waals surface area contributed by atoms with Crippen LogP contribution in [0.25, 0.3) is 17.0 Å². The topological polar surface area (TPSA) is 87.6 Å². The Bertz CT molecular complexity index is 1100. The van der Waals surface area contributed by atoms with Crippen LogP contribution in [-0.4, -0.2) is 38.8 Å². The highest BCUT2D eigenvalue weighted by atomic mass is 19.3. The van der Waals surface area contributed by atoms with Gasteiger partial charge in [0.1, 0.15) is 12.4 Å². The van der Waals surface area contributed by atoms with Crippen molar-refractivity contribution in [2.24, 2.45) is 5.73 Å². The van der Waals surface area contributed by atoms with Crippen LogP contribution in [0.1, 0.15) is 5.56 Å². The molecule has 1 atom stereocenters. The molecule has 0 aliphatic heterocycles. The largest absolute Gasteiger partial charge is 0.476 e. The molecule has 9 heteroatoms. The van der Waals surface area contributed by atoms with Gasteiger partial charge in [-0.3, -0.25) is 4.98 Å². The molecule has 0 spiro atoms. The molecular formula is C21H19F2N5O2. The Kier molecular flexibility index (Phi) is 5.80. The van der Waals surface area contributed by atoms with Crippen LogP contribution in [0.3, 0.4) is 0 Å². The van der Waals surface area contributed by atoms with Gasteiger partial charge in [-0.15, -0.1) is 10.2 Å². The summed E-state index contributed by atoms with van der Waals surface area (Å²) >= 11 is 0. The van der Waals surface area contributed by atoms with Gasteiger partial charge in [-0.05, 0) is 36.2 Å². The Balaban J connectivity index is 1.54. The summed E-state index contributed by atoms with van der Waals surface area (Å²) in [5, 5.41) is 8.29. The third-order valence-electron chi connectivity index (χ3n) is 4.41. The standard InChI is InChI=1S/C21H19F2N5O2/c22-21(23)30-17-8-6-15(7-9-17)20-27-26-18-11-25-12-19(28(18)20)29-13-16(24)10-14-4-2-1-3-5-14/h1-9,11-12,16,21H,10,13,24H2. The normalized spacial score (nSPS) is 12.3. The van der Waals surface area contributed by atoms with Crippen molar-refractivity contribution >= 4 is 5.65 Å². The Morgan fingerprint density at radius 1 is 0.967 bits per heavy atom. The maximum atomic E-state index is 12.4. The van der Waals surface area contributed by atoms with Crippen LogP contribution >= 0.6 is 0 Å². The molecule has 0 aliphatic rings. The summed E-state index contributed by atoms with van der Waals surface area (Å²) < 4.78 is 36.7. The van der Waals surface area contributed by atoms with Crippen molar-refractivity contribution in [3.63, 3.8) is 0 Å². The lowest BCUT2D eigenvalue weighted by Gasteiger charge is -2.14. The van der Waals surface area contributed by atoms with E-state index in [2.05, 4.69) is 19.9 Å². The highest BCUT2D eigenvalue weighted by molar-refractivity contribution is 5.61. The lowest BCUT2D eigenvalue weighted by molar-refractivity contribution is -0.0498. The van der Waals surface area contributed by atoms with Crippen molar-refractivity contribution < 1.29 is 18.3 Å². The maximum Gasteiger partial charge on any atom is 0.387 e. The van der Waals surface area contributed by atoms with Gasteiger partial charge in [0.15, 0.2) is 11.5 Å². The average Bonchev–Trinajstić information content (AvgIpc) is 3.18. The first-order valence-electron chi connectivity index (χ1n) is 9.27. The number of aromatic nitrogens is 4. The first kappa shape index (κ1) is 19.7. The molecule has 7 nitrogen and oxygen atoms in total. The van der Waals surface area contributed by atoms with E-state index in [0.717, 1.165) is 5.56 Å². The number of fused-ring (bicyclic) bond motifs is 1. The number of rotatable bonds is 8. The fourth-order valence-corrected chi connectivity index (χ4v) is 3.07. The molecule has 0 amide bonds. The predicted octanol–water partition coefficient (Wildman–Crippen LogP) is 3.34. The van der Waals surface area contributed by atoms with Crippen molar-refractivity contribution in [1.82, 2.24) is 19.6 Å². The fraction of sp³-hybridized carbons (Fsp3) is 0.190. The summed E-state index contributed by atoms with van der Waals surface area (Å²) in [6, 6.07) is 15.8. The zero-order valence-corrected chi connectivity index (χ0v) is 15.9. The van der Waals surface area contributed by atoms with Crippen LogP contribution in [0.4, 0.5) is 8.78 Å². The second kappa shape index (κ2) is 8.83. The molecule has 0 aliphatic carbocycles. The first-order valence-corrected chi connectivity index (χ1v) is 9.27. The van der Waals surface area contributed by atoms with Crippen molar-refractivity contribution in [1.29, 1.82) is 0 Å². The number of nitrogens with two attached hydrogens (primary N) is 1. The Hall–Kier alpha value is -3.59. The summed E-state index contributed by atoms with van der Waals surface area (Å²) in [6.45, 7) is -2.61. The summed E-state index contributed by atoms with van der Waals surface area (Å²) in [5.74, 6) is 0.985. The smallest absolute Gasteiger partial charge is 0.387 e. The molecule has 0 saturated carbocycles. The zero-order valence-electron chi connectivity index (χ0n) is 15.9. The minimum Gasteiger partial charge on any atom is -0.476 e. The van der Waals surface area contributed by atoms with Crippen LogP contribution < -0.4 is 15.2 Å². The molecule has 154 valence electrons. The number of hydrogen-bond acceptors (Lipinski definition) is 6. The van der Waals surface area contributed by atoms with Gasteiger partial charge < -0.3 is 15.2 Å². The van der Waals surface area contributed by atoms with Crippen LogP contribution in [0, 0.1) is 0 Å². The van der Waals surface area contributed by atoms with Gasteiger partial charge in [-0.25, -0.2) is 4.40 Å². The van der Waals surface area contributed by atoms with E-state index in [-0.39, 0.29) is 18.4 Å². The minimum atomic E-state index is -2.88. The molecular weight excluding hydrogens is 392 g/mol. The highest BCUT2D eigenvalue weighted by Gasteiger charge is 2.15. The van der Waals surface area contributed by atoms with Gasteiger partial charge in [0, 0.05) is 11.6 Å². The molecule has 2 heterocycles. The maximum absolute atomic E-state index is 12.4. The number of alkyl halides is 2. The van der Waals surface area contributed by atoms with E-state index in [1.54, 1.807) is 28.9 Å². The van der Waals surface area contributed by atoms with Crippen LogP contribution in [0.15, 0.2) is 67.0 Å². The molecule has 1 unspecified atom stereocenters. The van der Waals surface area contributed by atoms with E-state index >= 15 is 0 Å². The molecule has 0 saturated heterocycles. The second-order valence-corrected chi connectivity index (χ2v) is 6.63. The second-order valence-electron chi connectivity index (χ2n) is 6.63. The van der Waals surface area contributed by atoms with E-state index in [1.807, 2.05) is 30.3 Å². The molecule has 4 aromatic rings. The summed E-state index contributed by atoms with van der Waals surface area (Å²) in [4.78, 5) is 4.14. The number of halogens is 2. The Labute approximate surface area is 171 Å². The number of benzene rings is 2. The highest BCUT2D eigenvalue weighted by Crippen LogP contribution is 2.25. The first-order chi connectivity index (χ1) is 14.6. The minimum absolute atomic E-state index is 0.0626. The van der Waals surface area contributed by atoms with Crippen LogP contribution in [0.2, 0.25) is 0 Å². The van der Waals surface area contributed by atoms with Gasteiger partial charge in [0.05, 0.1) is 12.4 Å². The molecule has 30 heavy (non-hydrogen) atoms. The van der Waals surface area contributed by atoms with Gasteiger partial charge >= 0.3 is 6.61 Å². The van der Waals surface area contributed by atoms with E-state index in [4.69, 9.17) is 10.5 Å². The Morgan fingerprint density at radius 3 is 2.47 bits per heavy atom. The fourth-order valence-electron chi connectivity index (χ4n) is 3.07. The summed E-state index contributed by atoms with van der Waals surface area (Å²) in [5.41, 5.74) is 8.50. The third kappa shape index (κ3) is 4.52. The Morgan fingerprint density at radius 2 is 1.73 bits per heavy atom. The van der Waals surface area contributed by atoms with Gasteiger partial charge in [-0.1, -0.05) is 30.3 Å². The average molecular weight is 411 g/mol. The molecule has 0 radical (unpaired) electrons. The predicted molar refractivity (Wildman–Crippen MR) is 106 cm³/mol. The summed E-state index contributed by atoms with van der Waals surface area (Å²) in [7, 11) is 0. The molecule has 2 N–H and O–H groups in total. The zero-order chi connectivity index (χ0) is 20.9. The molecule has 2 aromatic heterocycles. The lowest BCUT2D eigenvalue weighted by atomic mass is 10.1. The van der Waals surface area contributed by atoms with Crippen molar-refractivity contribution in [2.75, 3.05) is 6.61 Å². The molecule has 0 fully saturated rings. The van der Waals surface area contributed by atoms with E-state index in [9.17, 15) is 8.78 Å². The van der Waals surface area contributed by atoms with Crippen molar-refractivity contribution in [3.05, 3.63) is 72.6 Å². The van der Waals surface area contributed by atoms with E-state index in [0.29, 0.717) is 29.3 Å². The SMILES string of the molecule is NC(COc1cncc2nnc(-c3ccc(OC(F)F)cc3)n12)Cc1ccccc1.